The lowest BCUT2D eigenvalue weighted by molar-refractivity contribution is 0.582. The SMILES string of the molecule is CCCn1cc(S(=O)(=O)NCC)cc1CNCC. The minimum atomic E-state index is -3.35. The highest BCUT2D eigenvalue weighted by Gasteiger charge is 2.16. The van der Waals surface area contributed by atoms with Crippen molar-refractivity contribution in [3.63, 3.8) is 0 Å². The minimum absolute atomic E-state index is 0.353. The van der Waals surface area contributed by atoms with Gasteiger partial charge in [-0.15, -0.1) is 0 Å². The zero-order valence-corrected chi connectivity index (χ0v) is 12.2. The Hall–Kier alpha value is -0.850. The molecule has 5 nitrogen and oxygen atoms in total. The molecule has 6 heteroatoms. The summed E-state index contributed by atoms with van der Waals surface area (Å²) in [6.45, 7) is 8.69. The average Bonchev–Trinajstić information content (AvgIpc) is 2.71. The first-order chi connectivity index (χ1) is 8.55. The van der Waals surface area contributed by atoms with Crippen LogP contribution < -0.4 is 10.0 Å². The van der Waals surface area contributed by atoms with E-state index in [4.69, 9.17) is 0 Å². The molecule has 0 saturated heterocycles. The van der Waals surface area contributed by atoms with E-state index >= 15 is 0 Å². The molecule has 0 aliphatic carbocycles. The third kappa shape index (κ3) is 3.83. The van der Waals surface area contributed by atoms with Gasteiger partial charge in [0.25, 0.3) is 0 Å². The number of rotatable bonds is 8. The van der Waals surface area contributed by atoms with Crippen LogP contribution in [0.25, 0.3) is 0 Å². The average molecular weight is 273 g/mol. The van der Waals surface area contributed by atoms with Gasteiger partial charge in [-0.05, 0) is 19.0 Å². The molecule has 18 heavy (non-hydrogen) atoms. The summed E-state index contributed by atoms with van der Waals surface area (Å²) in [5.41, 5.74) is 1.01. The Morgan fingerprint density at radius 1 is 1.22 bits per heavy atom. The van der Waals surface area contributed by atoms with E-state index in [9.17, 15) is 8.42 Å². The molecule has 0 aliphatic heterocycles. The van der Waals surface area contributed by atoms with Crippen LogP contribution in [-0.4, -0.2) is 26.1 Å². The fourth-order valence-electron chi connectivity index (χ4n) is 1.80. The van der Waals surface area contributed by atoms with E-state index in [1.54, 1.807) is 19.2 Å². The summed E-state index contributed by atoms with van der Waals surface area (Å²) in [6, 6.07) is 1.75. The molecule has 0 radical (unpaired) electrons. The second-order valence-corrected chi connectivity index (χ2v) is 5.91. The Balaban J connectivity index is 3.01. The number of hydrogen-bond donors (Lipinski definition) is 2. The van der Waals surface area contributed by atoms with Gasteiger partial charge in [0.15, 0.2) is 0 Å². The van der Waals surface area contributed by atoms with Crippen molar-refractivity contribution in [3.8, 4) is 0 Å². The van der Waals surface area contributed by atoms with Crippen molar-refractivity contribution in [1.82, 2.24) is 14.6 Å². The van der Waals surface area contributed by atoms with Crippen molar-refractivity contribution in [1.29, 1.82) is 0 Å². The molecular weight excluding hydrogens is 250 g/mol. The van der Waals surface area contributed by atoms with Crippen molar-refractivity contribution in [2.45, 2.75) is 45.2 Å². The van der Waals surface area contributed by atoms with Gasteiger partial charge >= 0.3 is 0 Å². The largest absolute Gasteiger partial charge is 0.349 e. The molecule has 0 amide bonds. The van der Waals surface area contributed by atoms with Crippen LogP contribution in [0.5, 0.6) is 0 Å². The molecule has 1 heterocycles. The van der Waals surface area contributed by atoms with E-state index in [1.807, 2.05) is 11.5 Å². The van der Waals surface area contributed by atoms with Gasteiger partial charge in [-0.1, -0.05) is 20.8 Å². The van der Waals surface area contributed by atoms with Crippen molar-refractivity contribution in [3.05, 3.63) is 18.0 Å². The van der Waals surface area contributed by atoms with Crippen LogP contribution in [0.2, 0.25) is 0 Å². The topological polar surface area (TPSA) is 63.1 Å². The second kappa shape index (κ2) is 6.92. The summed E-state index contributed by atoms with van der Waals surface area (Å²) < 4.78 is 28.4. The monoisotopic (exact) mass is 273 g/mol. The third-order valence-electron chi connectivity index (χ3n) is 2.63. The Labute approximate surface area is 110 Å². The molecule has 0 unspecified atom stereocenters. The highest BCUT2D eigenvalue weighted by molar-refractivity contribution is 7.89. The van der Waals surface area contributed by atoms with Crippen molar-refractivity contribution < 1.29 is 8.42 Å². The standard InChI is InChI=1S/C12H23N3O2S/c1-4-7-15-10-12(18(16,17)14-6-3)8-11(15)9-13-5-2/h8,10,13-14H,4-7,9H2,1-3H3. The first-order valence-electron chi connectivity index (χ1n) is 6.44. The van der Waals surface area contributed by atoms with Gasteiger partial charge in [0.2, 0.25) is 10.0 Å². The Morgan fingerprint density at radius 2 is 1.94 bits per heavy atom. The molecular formula is C12H23N3O2S. The lowest BCUT2D eigenvalue weighted by atomic mass is 10.4. The van der Waals surface area contributed by atoms with Gasteiger partial charge in [-0.25, -0.2) is 13.1 Å². The summed E-state index contributed by atoms with van der Waals surface area (Å²) in [5.74, 6) is 0. The van der Waals surface area contributed by atoms with E-state index in [0.717, 1.165) is 25.2 Å². The summed E-state index contributed by atoms with van der Waals surface area (Å²) in [4.78, 5) is 0.353. The second-order valence-electron chi connectivity index (χ2n) is 4.14. The fourth-order valence-corrected chi connectivity index (χ4v) is 2.90. The van der Waals surface area contributed by atoms with Gasteiger partial charge in [-0.2, -0.15) is 0 Å². The van der Waals surface area contributed by atoms with Gasteiger partial charge in [0.05, 0.1) is 4.90 Å². The first-order valence-corrected chi connectivity index (χ1v) is 7.92. The Morgan fingerprint density at radius 3 is 2.50 bits per heavy atom. The summed E-state index contributed by atoms with van der Waals surface area (Å²) >= 11 is 0. The van der Waals surface area contributed by atoms with E-state index < -0.39 is 10.0 Å². The Kier molecular flexibility index (Phi) is 5.84. The van der Waals surface area contributed by atoms with Crippen LogP contribution in [0.15, 0.2) is 17.2 Å². The normalized spacial score (nSPS) is 11.9. The molecule has 2 N–H and O–H groups in total. The minimum Gasteiger partial charge on any atom is -0.349 e. The number of aryl methyl sites for hydroxylation is 1. The van der Waals surface area contributed by atoms with Crippen LogP contribution in [0.4, 0.5) is 0 Å². The Bertz CT molecular complexity index is 466. The van der Waals surface area contributed by atoms with E-state index in [-0.39, 0.29) is 0 Å². The number of nitrogens with one attached hydrogen (secondary N) is 2. The quantitative estimate of drug-likeness (QED) is 0.750. The summed E-state index contributed by atoms with van der Waals surface area (Å²) in [5, 5.41) is 3.22. The number of sulfonamides is 1. The van der Waals surface area contributed by atoms with Gasteiger partial charge in [0, 0.05) is 31.5 Å². The number of aromatic nitrogens is 1. The van der Waals surface area contributed by atoms with Gasteiger partial charge in [-0.3, -0.25) is 0 Å². The molecule has 0 aliphatic rings. The van der Waals surface area contributed by atoms with E-state index in [1.165, 1.54) is 0 Å². The number of hydrogen-bond acceptors (Lipinski definition) is 3. The molecule has 1 aromatic heterocycles. The zero-order valence-electron chi connectivity index (χ0n) is 11.4. The maximum atomic E-state index is 11.9. The first kappa shape index (κ1) is 15.2. The molecule has 104 valence electrons. The lowest BCUT2D eigenvalue weighted by Crippen LogP contribution is -2.22. The fraction of sp³-hybridized carbons (Fsp3) is 0.667. The highest BCUT2D eigenvalue weighted by Crippen LogP contribution is 2.15. The third-order valence-corrected chi connectivity index (χ3v) is 4.14. The molecule has 0 saturated carbocycles. The molecule has 0 bridgehead atoms. The maximum absolute atomic E-state index is 11.9. The molecule has 0 fully saturated rings. The van der Waals surface area contributed by atoms with Crippen LogP contribution in [-0.2, 0) is 23.1 Å². The van der Waals surface area contributed by atoms with E-state index in [0.29, 0.717) is 18.0 Å². The summed E-state index contributed by atoms with van der Waals surface area (Å²) in [6.07, 6.45) is 2.70. The van der Waals surface area contributed by atoms with E-state index in [2.05, 4.69) is 17.0 Å². The van der Waals surface area contributed by atoms with Crippen LogP contribution >= 0.6 is 0 Å². The van der Waals surface area contributed by atoms with Crippen molar-refractivity contribution >= 4 is 10.0 Å². The smallest absolute Gasteiger partial charge is 0.242 e. The maximum Gasteiger partial charge on any atom is 0.242 e. The lowest BCUT2D eigenvalue weighted by Gasteiger charge is -2.07. The molecule has 1 rings (SSSR count). The number of nitrogens with zero attached hydrogens (tertiary/aromatic N) is 1. The predicted octanol–water partition coefficient (Wildman–Crippen LogP) is 1.31. The van der Waals surface area contributed by atoms with Gasteiger partial charge < -0.3 is 9.88 Å². The van der Waals surface area contributed by atoms with Crippen LogP contribution in [0, 0.1) is 0 Å². The predicted molar refractivity (Wildman–Crippen MR) is 73.0 cm³/mol. The van der Waals surface area contributed by atoms with Crippen LogP contribution in [0.3, 0.4) is 0 Å². The van der Waals surface area contributed by atoms with Crippen molar-refractivity contribution in [2.75, 3.05) is 13.1 Å². The molecule has 0 atom stereocenters. The zero-order chi connectivity index (χ0) is 13.6. The van der Waals surface area contributed by atoms with Crippen molar-refractivity contribution in [2.24, 2.45) is 0 Å². The van der Waals surface area contributed by atoms with Gasteiger partial charge in [0.1, 0.15) is 0 Å². The summed E-state index contributed by atoms with van der Waals surface area (Å²) in [7, 11) is -3.35. The van der Waals surface area contributed by atoms with Crippen LogP contribution in [0.1, 0.15) is 32.9 Å². The highest BCUT2D eigenvalue weighted by atomic mass is 32.2. The molecule has 1 aromatic rings. The molecule has 0 aromatic carbocycles. The molecule has 0 spiro atoms.